The summed E-state index contributed by atoms with van der Waals surface area (Å²) in [5, 5.41) is 3.64. The van der Waals surface area contributed by atoms with Gasteiger partial charge in [-0.05, 0) is 49.2 Å². The van der Waals surface area contributed by atoms with Crippen LogP contribution in [0.3, 0.4) is 0 Å². The van der Waals surface area contributed by atoms with Crippen LogP contribution in [-0.4, -0.2) is 30.4 Å². The van der Waals surface area contributed by atoms with Crippen LogP contribution < -0.4 is 21.1 Å². The minimum absolute atomic E-state index is 0.0665. The number of hydrogen-bond acceptors (Lipinski definition) is 5. The van der Waals surface area contributed by atoms with Crippen LogP contribution in [0, 0.1) is 5.92 Å². The minimum atomic E-state index is -0.0665. The fourth-order valence-electron chi connectivity index (χ4n) is 3.77. The average Bonchev–Trinajstić information content (AvgIpc) is 2.74. The van der Waals surface area contributed by atoms with E-state index in [0.29, 0.717) is 18.4 Å². The van der Waals surface area contributed by atoms with Gasteiger partial charge in [0.1, 0.15) is 12.4 Å². The third-order valence-corrected chi connectivity index (χ3v) is 5.42. The largest absolute Gasteiger partial charge is 0.485 e. The zero-order chi connectivity index (χ0) is 18.6. The molecule has 0 aromatic heterocycles. The molecule has 4 rings (SSSR count). The molecule has 0 unspecified atom stereocenters. The second-order valence-corrected chi connectivity index (χ2v) is 7.21. The second kappa shape index (κ2) is 7.88. The number of rotatable bonds is 4. The summed E-state index contributed by atoms with van der Waals surface area (Å²) < 4.78 is 11.9. The third-order valence-electron chi connectivity index (χ3n) is 5.42. The number of fused-ring (bicyclic) bond motifs is 1. The Hall–Kier alpha value is -2.73. The zero-order valence-corrected chi connectivity index (χ0v) is 15.4. The van der Waals surface area contributed by atoms with Crippen molar-refractivity contribution in [3.8, 4) is 11.5 Å². The molecule has 0 saturated carbocycles. The van der Waals surface area contributed by atoms with Gasteiger partial charge in [-0.1, -0.05) is 36.4 Å². The van der Waals surface area contributed by atoms with E-state index < -0.39 is 0 Å². The number of nitrogens with zero attached hydrogens (tertiary/aromatic N) is 2. The van der Waals surface area contributed by atoms with Crippen molar-refractivity contribution in [3.05, 3.63) is 59.7 Å². The van der Waals surface area contributed by atoms with Gasteiger partial charge in [-0.15, -0.1) is 0 Å². The predicted molar refractivity (Wildman–Crippen MR) is 106 cm³/mol. The monoisotopic (exact) mass is 366 g/mol. The number of hydrogen-bond donors (Lipinski definition) is 2. The number of piperidine rings is 1. The van der Waals surface area contributed by atoms with E-state index in [1.165, 1.54) is 5.56 Å². The summed E-state index contributed by atoms with van der Waals surface area (Å²) in [5.74, 6) is 7.81. The first-order chi connectivity index (χ1) is 13.2. The molecule has 6 nitrogen and oxygen atoms in total. The SMILES string of the molecule is N/N=C(\N)C1CCN(Cc2ccc([C@H]3COc4ccccc4O3)cc2)CC1. The van der Waals surface area contributed by atoms with Crippen molar-refractivity contribution in [2.75, 3.05) is 19.7 Å². The maximum absolute atomic E-state index is 6.08. The molecule has 2 aliphatic heterocycles. The molecule has 2 aromatic rings. The van der Waals surface area contributed by atoms with Crippen molar-refractivity contribution < 1.29 is 9.47 Å². The van der Waals surface area contributed by atoms with E-state index in [1.807, 2.05) is 24.3 Å². The molecule has 0 aliphatic carbocycles. The van der Waals surface area contributed by atoms with Crippen molar-refractivity contribution >= 4 is 5.84 Å². The van der Waals surface area contributed by atoms with Gasteiger partial charge < -0.3 is 21.1 Å². The van der Waals surface area contributed by atoms with Crippen LogP contribution in [-0.2, 0) is 6.54 Å². The fourth-order valence-corrected chi connectivity index (χ4v) is 3.77. The molecule has 0 amide bonds. The minimum Gasteiger partial charge on any atom is -0.485 e. The Morgan fingerprint density at radius 3 is 2.44 bits per heavy atom. The van der Waals surface area contributed by atoms with Crippen LogP contribution in [0.15, 0.2) is 53.6 Å². The lowest BCUT2D eigenvalue weighted by Gasteiger charge is -2.31. The first-order valence-corrected chi connectivity index (χ1v) is 9.46. The quantitative estimate of drug-likeness (QED) is 0.376. The molecule has 1 atom stereocenters. The topological polar surface area (TPSA) is 86.1 Å². The Bertz CT molecular complexity index is 798. The molecule has 0 bridgehead atoms. The summed E-state index contributed by atoms with van der Waals surface area (Å²) >= 11 is 0. The van der Waals surface area contributed by atoms with E-state index >= 15 is 0 Å². The number of benzene rings is 2. The van der Waals surface area contributed by atoms with Crippen molar-refractivity contribution in [1.82, 2.24) is 4.90 Å². The molecular weight excluding hydrogens is 340 g/mol. The number of amidine groups is 1. The fraction of sp³-hybridized carbons (Fsp3) is 0.381. The van der Waals surface area contributed by atoms with E-state index in [-0.39, 0.29) is 6.10 Å². The molecule has 2 aromatic carbocycles. The van der Waals surface area contributed by atoms with Crippen LogP contribution in [0.25, 0.3) is 0 Å². The van der Waals surface area contributed by atoms with E-state index in [9.17, 15) is 0 Å². The molecule has 2 heterocycles. The van der Waals surface area contributed by atoms with Crippen LogP contribution in [0.2, 0.25) is 0 Å². The first-order valence-electron chi connectivity index (χ1n) is 9.46. The van der Waals surface area contributed by atoms with Crippen molar-refractivity contribution in [2.24, 2.45) is 22.6 Å². The van der Waals surface area contributed by atoms with Gasteiger partial charge in [0.25, 0.3) is 0 Å². The molecule has 0 spiro atoms. The van der Waals surface area contributed by atoms with Gasteiger partial charge >= 0.3 is 0 Å². The summed E-state index contributed by atoms with van der Waals surface area (Å²) in [6, 6.07) is 16.4. The van der Waals surface area contributed by atoms with Gasteiger partial charge in [-0.25, -0.2) is 0 Å². The summed E-state index contributed by atoms with van der Waals surface area (Å²) in [6.07, 6.45) is 1.96. The van der Waals surface area contributed by atoms with Gasteiger partial charge in [0.2, 0.25) is 0 Å². The smallest absolute Gasteiger partial charge is 0.162 e. The first kappa shape index (κ1) is 17.7. The highest BCUT2D eigenvalue weighted by atomic mass is 16.6. The molecule has 142 valence electrons. The second-order valence-electron chi connectivity index (χ2n) is 7.21. The molecule has 4 N–H and O–H groups in total. The Balaban J connectivity index is 1.34. The Labute approximate surface area is 159 Å². The number of likely N-dealkylation sites (tertiary alicyclic amines) is 1. The standard InChI is InChI=1S/C21H26N4O2/c22-21(24-23)17-9-11-25(12-10-17)13-15-5-7-16(8-6-15)20-14-26-18-3-1-2-4-19(18)27-20/h1-8,17,20H,9-14,23H2,(H2,22,24)/t20-/m1/s1. The third kappa shape index (κ3) is 4.01. The molecule has 0 radical (unpaired) electrons. The molecule has 1 fully saturated rings. The van der Waals surface area contributed by atoms with E-state index in [2.05, 4.69) is 34.3 Å². The molecular formula is C21H26N4O2. The number of para-hydroxylation sites is 2. The van der Waals surface area contributed by atoms with Crippen LogP contribution in [0.4, 0.5) is 0 Å². The van der Waals surface area contributed by atoms with E-state index in [1.54, 1.807) is 0 Å². The van der Waals surface area contributed by atoms with Crippen molar-refractivity contribution in [2.45, 2.75) is 25.5 Å². The molecule has 6 heteroatoms. The number of nitrogens with two attached hydrogens (primary N) is 2. The molecule has 27 heavy (non-hydrogen) atoms. The van der Waals surface area contributed by atoms with E-state index in [4.69, 9.17) is 21.1 Å². The Kier molecular flexibility index (Phi) is 5.16. The van der Waals surface area contributed by atoms with Crippen LogP contribution in [0.1, 0.15) is 30.1 Å². The lowest BCUT2D eigenvalue weighted by Crippen LogP contribution is -2.38. The van der Waals surface area contributed by atoms with Gasteiger partial charge in [-0.3, -0.25) is 4.90 Å². The Morgan fingerprint density at radius 1 is 1.04 bits per heavy atom. The number of ether oxygens (including phenoxy) is 2. The van der Waals surface area contributed by atoms with Crippen LogP contribution in [0.5, 0.6) is 11.5 Å². The molecule has 1 saturated heterocycles. The Morgan fingerprint density at radius 2 is 1.74 bits per heavy atom. The number of hydrazone groups is 1. The highest BCUT2D eigenvalue weighted by Crippen LogP contribution is 2.35. The maximum atomic E-state index is 6.08. The molecule has 2 aliphatic rings. The summed E-state index contributed by atoms with van der Waals surface area (Å²) in [6.45, 7) is 3.50. The van der Waals surface area contributed by atoms with Crippen molar-refractivity contribution in [1.29, 1.82) is 0 Å². The zero-order valence-electron chi connectivity index (χ0n) is 15.4. The van der Waals surface area contributed by atoms with E-state index in [0.717, 1.165) is 49.5 Å². The van der Waals surface area contributed by atoms with Gasteiger partial charge in [0.05, 0.1) is 0 Å². The summed E-state index contributed by atoms with van der Waals surface area (Å²) in [4.78, 5) is 2.45. The van der Waals surface area contributed by atoms with Crippen LogP contribution >= 0.6 is 0 Å². The van der Waals surface area contributed by atoms with Crippen molar-refractivity contribution in [3.63, 3.8) is 0 Å². The average molecular weight is 366 g/mol. The van der Waals surface area contributed by atoms with Gasteiger partial charge in [-0.2, -0.15) is 5.10 Å². The summed E-state index contributed by atoms with van der Waals surface area (Å²) in [7, 11) is 0. The highest BCUT2D eigenvalue weighted by Gasteiger charge is 2.23. The maximum Gasteiger partial charge on any atom is 0.162 e. The highest BCUT2D eigenvalue weighted by molar-refractivity contribution is 5.82. The lowest BCUT2D eigenvalue weighted by molar-refractivity contribution is 0.0912. The van der Waals surface area contributed by atoms with Gasteiger partial charge in [0, 0.05) is 12.5 Å². The normalized spacial score (nSPS) is 21.2. The summed E-state index contributed by atoms with van der Waals surface area (Å²) in [5.41, 5.74) is 8.29. The van der Waals surface area contributed by atoms with Gasteiger partial charge in [0.15, 0.2) is 17.6 Å². The predicted octanol–water partition coefficient (Wildman–Crippen LogP) is 2.64. The lowest BCUT2D eigenvalue weighted by atomic mass is 9.95.